The fraction of sp³-hybridized carbons (Fsp3) is 0. The van der Waals surface area contributed by atoms with Gasteiger partial charge in [0.05, 0.1) is 0 Å². The Morgan fingerprint density at radius 3 is 2.06 bits per heavy atom. The molecule has 0 bridgehead atoms. The summed E-state index contributed by atoms with van der Waals surface area (Å²) in [7, 11) is 0. The van der Waals surface area contributed by atoms with E-state index in [0.29, 0.717) is 0 Å². The Morgan fingerprint density at radius 2 is 1.47 bits per heavy atom. The Bertz CT molecular complexity index is 553. The van der Waals surface area contributed by atoms with Crippen molar-refractivity contribution in [2.45, 2.75) is 0 Å². The van der Waals surface area contributed by atoms with Crippen molar-refractivity contribution in [1.82, 2.24) is 0 Å². The molecule has 2 aromatic rings. The van der Waals surface area contributed by atoms with Crippen molar-refractivity contribution in [2.24, 2.45) is 0 Å². The normalized spacial score (nSPS) is 9.94. The summed E-state index contributed by atoms with van der Waals surface area (Å²) in [6.45, 7) is 7.76. The Balaban J connectivity index is 2.71. The van der Waals surface area contributed by atoms with E-state index < -0.39 is 0 Å². The van der Waals surface area contributed by atoms with Crippen molar-refractivity contribution < 1.29 is 0 Å². The summed E-state index contributed by atoms with van der Waals surface area (Å²) in [5.41, 5.74) is 4.57. The molecule has 2 rings (SSSR count). The molecule has 0 aliphatic carbocycles. The van der Waals surface area contributed by atoms with Gasteiger partial charge in [-0.05, 0) is 28.3 Å². The second-order valence-electron chi connectivity index (χ2n) is 3.70. The van der Waals surface area contributed by atoms with Crippen LogP contribution in [0.2, 0.25) is 0 Å². The molecule has 0 atom stereocenters. The first-order valence-electron chi connectivity index (χ1n) is 5.40. The molecule has 0 spiro atoms. The maximum Gasteiger partial charge on any atom is 0.0253 e. The number of hydrogen-bond acceptors (Lipinski definition) is 0. The first-order valence-corrected chi connectivity index (χ1v) is 6.20. The molecule has 17 heavy (non-hydrogen) atoms. The number of halogens is 1. The second-order valence-corrected chi connectivity index (χ2v) is 4.55. The standard InChI is InChI=1S/C16H13Br/c1-3-13-14(4-2)16(17)11-10-15(13)12-8-6-5-7-9-12/h3-11H,1-2H2. The van der Waals surface area contributed by atoms with E-state index in [1.807, 2.05) is 36.4 Å². The minimum atomic E-state index is 1.04. The van der Waals surface area contributed by atoms with E-state index >= 15 is 0 Å². The lowest BCUT2D eigenvalue weighted by Gasteiger charge is -2.11. The van der Waals surface area contributed by atoms with Crippen molar-refractivity contribution >= 4 is 28.1 Å². The van der Waals surface area contributed by atoms with Gasteiger partial charge in [-0.25, -0.2) is 0 Å². The van der Waals surface area contributed by atoms with Gasteiger partial charge in [-0.2, -0.15) is 0 Å². The van der Waals surface area contributed by atoms with Gasteiger partial charge in [-0.1, -0.05) is 77.6 Å². The van der Waals surface area contributed by atoms with Crippen LogP contribution in [-0.4, -0.2) is 0 Å². The maximum atomic E-state index is 3.90. The van der Waals surface area contributed by atoms with Gasteiger partial charge in [-0.3, -0.25) is 0 Å². The molecule has 0 fully saturated rings. The van der Waals surface area contributed by atoms with Gasteiger partial charge in [0.1, 0.15) is 0 Å². The highest BCUT2D eigenvalue weighted by Crippen LogP contribution is 2.32. The topological polar surface area (TPSA) is 0 Å². The van der Waals surface area contributed by atoms with Crippen molar-refractivity contribution in [3.63, 3.8) is 0 Å². The molecule has 0 aromatic heterocycles. The van der Waals surface area contributed by atoms with Crippen molar-refractivity contribution in [3.8, 4) is 11.1 Å². The molecule has 0 amide bonds. The van der Waals surface area contributed by atoms with Crippen molar-refractivity contribution in [3.05, 3.63) is 71.2 Å². The minimum Gasteiger partial charge on any atom is -0.0984 e. The average Bonchev–Trinajstić information content (AvgIpc) is 2.39. The smallest absolute Gasteiger partial charge is 0.0253 e. The molecule has 2 aromatic carbocycles. The number of benzene rings is 2. The van der Waals surface area contributed by atoms with E-state index in [-0.39, 0.29) is 0 Å². The van der Waals surface area contributed by atoms with E-state index in [0.717, 1.165) is 15.6 Å². The molecule has 0 heterocycles. The monoisotopic (exact) mass is 284 g/mol. The quantitative estimate of drug-likeness (QED) is 0.708. The number of hydrogen-bond donors (Lipinski definition) is 0. The van der Waals surface area contributed by atoms with Gasteiger partial charge in [0.15, 0.2) is 0 Å². The first-order chi connectivity index (χ1) is 8.27. The molecule has 1 heteroatoms. The lowest BCUT2D eigenvalue weighted by molar-refractivity contribution is 1.54. The van der Waals surface area contributed by atoms with Gasteiger partial charge in [0, 0.05) is 4.47 Å². The van der Waals surface area contributed by atoms with E-state index in [4.69, 9.17) is 0 Å². The van der Waals surface area contributed by atoms with Crippen LogP contribution in [0.4, 0.5) is 0 Å². The lowest BCUT2D eigenvalue weighted by Crippen LogP contribution is -1.88. The van der Waals surface area contributed by atoms with Crippen LogP contribution >= 0.6 is 15.9 Å². The van der Waals surface area contributed by atoms with Crippen LogP contribution in [-0.2, 0) is 0 Å². The van der Waals surface area contributed by atoms with Crippen LogP contribution < -0.4 is 0 Å². The summed E-state index contributed by atoms with van der Waals surface area (Å²) in [6.07, 6.45) is 3.73. The summed E-state index contributed by atoms with van der Waals surface area (Å²) >= 11 is 3.54. The van der Waals surface area contributed by atoms with Crippen LogP contribution in [0.3, 0.4) is 0 Å². The molecule has 0 N–H and O–H groups in total. The molecular formula is C16H13Br. The Morgan fingerprint density at radius 1 is 0.824 bits per heavy atom. The second kappa shape index (κ2) is 5.15. The van der Waals surface area contributed by atoms with Gasteiger partial charge >= 0.3 is 0 Å². The van der Waals surface area contributed by atoms with Crippen LogP contribution in [0.15, 0.2) is 60.1 Å². The van der Waals surface area contributed by atoms with E-state index in [2.05, 4.69) is 47.3 Å². The highest BCUT2D eigenvalue weighted by atomic mass is 79.9. The molecular weight excluding hydrogens is 272 g/mol. The average molecular weight is 285 g/mol. The molecule has 0 saturated heterocycles. The summed E-state index contributed by atoms with van der Waals surface area (Å²) in [5, 5.41) is 0. The third-order valence-corrected chi connectivity index (χ3v) is 3.42. The molecule has 0 saturated carbocycles. The Kier molecular flexibility index (Phi) is 3.60. The summed E-state index contributed by atoms with van der Waals surface area (Å²) < 4.78 is 1.04. The maximum absolute atomic E-state index is 3.90. The Labute approximate surface area is 110 Å². The van der Waals surface area contributed by atoms with Gasteiger partial charge < -0.3 is 0 Å². The van der Waals surface area contributed by atoms with Crippen LogP contribution in [0.25, 0.3) is 23.3 Å². The largest absolute Gasteiger partial charge is 0.0984 e. The predicted molar refractivity (Wildman–Crippen MR) is 79.8 cm³/mol. The van der Waals surface area contributed by atoms with Crippen LogP contribution in [0.1, 0.15) is 11.1 Å². The summed E-state index contributed by atoms with van der Waals surface area (Å²) in [4.78, 5) is 0. The third-order valence-electron chi connectivity index (χ3n) is 2.73. The van der Waals surface area contributed by atoms with Gasteiger partial charge in [0.25, 0.3) is 0 Å². The third kappa shape index (κ3) is 2.25. The van der Waals surface area contributed by atoms with Crippen LogP contribution in [0, 0.1) is 0 Å². The molecule has 0 aliphatic rings. The van der Waals surface area contributed by atoms with E-state index in [1.54, 1.807) is 0 Å². The van der Waals surface area contributed by atoms with Crippen LogP contribution in [0.5, 0.6) is 0 Å². The molecule has 0 unspecified atom stereocenters. The zero-order valence-corrected chi connectivity index (χ0v) is 11.1. The van der Waals surface area contributed by atoms with Crippen molar-refractivity contribution in [1.29, 1.82) is 0 Å². The number of rotatable bonds is 3. The molecule has 84 valence electrons. The predicted octanol–water partition coefficient (Wildman–Crippen LogP) is 5.40. The summed E-state index contributed by atoms with van der Waals surface area (Å²) in [5.74, 6) is 0. The van der Waals surface area contributed by atoms with Crippen molar-refractivity contribution in [2.75, 3.05) is 0 Å². The highest BCUT2D eigenvalue weighted by molar-refractivity contribution is 9.10. The highest BCUT2D eigenvalue weighted by Gasteiger charge is 2.08. The minimum absolute atomic E-state index is 1.04. The summed E-state index contributed by atoms with van der Waals surface area (Å²) in [6, 6.07) is 14.4. The fourth-order valence-electron chi connectivity index (χ4n) is 1.91. The zero-order chi connectivity index (χ0) is 12.3. The Hall–Kier alpha value is -1.60. The SMILES string of the molecule is C=Cc1c(Br)ccc(-c2ccccc2)c1C=C. The first kappa shape index (κ1) is 11.9. The fourth-order valence-corrected chi connectivity index (χ4v) is 2.41. The van der Waals surface area contributed by atoms with Gasteiger partial charge in [-0.15, -0.1) is 0 Å². The lowest BCUT2D eigenvalue weighted by atomic mass is 9.95. The zero-order valence-electron chi connectivity index (χ0n) is 9.49. The van der Waals surface area contributed by atoms with Gasteiger partial charge in [0.2, 0.25) is 0 Å². The van der Waals surface area contributed by atoms with E-state index in [1.165, 1.54) is 11.1 Å². The molecule has 0 aliphatic heterocycles. The molecule has 0 radical (unpaired) electrons. The van der Waals surface area contributed by atoms with E-state index in [9.17, 15) is 0 Å². The molecule has 0 nitrogen and oxygen atoms in total.